The topological polar surface area (TPSA) is 113 Å². The molecule has 0 aliphatic carbocycles. The van der Waals surface area contributed by atoms with E-state index in [0.717, 1.165) is 5.56 Å². The number of aromatic amines is 1. The van der Waals surface area contributed by atoms with Gasteiger partial charge in [0.05, 0.1) is 17.5 Å². The minimum atomic E-state index is -0.527. The Bertz CT molecular complexity index is 1200. The summed E-state index contributed by atoms with van der Waals surface area (Å²) >= 11 is 0. The van der Waals surface area contributed by atoms with E-state index in [-0.39, 0.29) is 24.3 Å². The van der Waals surface area contributed by atoms with Crippen LogP contribution in [0.3, 0.4) is 0 Å². The van der Waals surface area contributed by atoms with Gasteiger partial charge in [-0.25, -0.2) is 9.37 Å². The van der Waals surface area contributed by atoms with Crippen molar-refractivity contribution in [2.24, 2.45) is 0 Å². The van der Waals surface area contributed by atoms with E-state index in [1.54, 1.807) is 24.3 Å². The molecule has 0 atom stereocenters. The molecular formula is C22H18FN5O3. The van der Waals surface area contributed by atoms with Crippen LogP contribution in [0.4, 0.5) is 4.39 Å². The maximum Gasteiger partial charge on any atom is 0.287 e. The molecule has 0 saturated carbocycles. The molecule has 2 aromatic heterocycles. The Balaban J connectivity index is 1.27. The lowest BCUT2D eigenvalue weighted by atomic mass is 10.1. The summed E-state index contributed by atoms with van der Waals surface area (Å²) in [6.07, 6.45) is 1.63. The predicted octanol–water partition coefficient (Wildman–Crippen LogP) is 3.26. The second-order valence-corrected chi connectivity index (χ2v) is 6.63. The highest BCUT2D eigenvalue weighted by Crippen LogP contribution is 2.23. The summed E-state index contributed by atoms with van der Waals surface area (Å²) < 4.78 is 19.3. The van der Waals surface area contributed by atoms with Gasteiger partial charge in [0.25, 0.3) is 5.91 Å². The van der Waals surface area contributed by atoms with Crippen LogP contribution in [0.5, 0.6) is 0 Å². The quantitative estimate of drug-likeness (QED) is 0.415. The van der Waals surface area contributed by atoms with Crippen LogP contribution in [-0.2, 0) is 11.2 Å². The zero-order chi connectivity index (χ0) is 21.6. The summed E-state index contributed by atoms with van der Waals surface area (Å²) in [6.45, 7) is 0. The zero-order valence-electron chi connectivity index (χ0n) is 16.3. The lowest BCUT2D eigenvalue weighted by Gasteiger charge is -2.05. The van der Waals surface area contributed by atoms with E-state index in [9.17, 15) is 14.0 Å². The van der Waals surface area contributed by atoms with Gasteiger partial charge in [-0.1, -0.05) is 42.5 Å². The molecule has 2 amide bonds. The third-order valence-corrected chi connectivity index (χ3v) is 4.47. The molecule has 0 bridgehead atoms. The third-order valence-electron chi connectivity index (χ3n) is 4.47. The summed E-state index contributed by atoms with van der Waals surface area (Å²) in [4.78, 5) is 28.3. The number of rotatable bonds is 6. The number of carbonyl (C=O) groups excluding carboxylic acids is 2. The van der Waals surface area contributed by atoms with Crippen LogP contribution >= 0.6 is 0 Å². The Labute approximate surface area is 176 Å². The van der Waals surface area contributed by atoms with Crippen molar-refractivity contribution in [3.05, 3.63) is 84.3 Å². The minimum Gasteiger partial charge on any atom is -0.441 e. The van der Waals surface area contributed by atoms with Gasteiger partial charge >= 0.3 is 0 Å². The highest BCUT2D eigenvalue weighted by atomic mass is 19.1. The lowest BCUT2D eigenvalue weighted by Crippen LogP contribution is -2.41. The van der Waals surface area contributed by atoms with Gasteiger partial charge in [0.15, 0.2) is 11.7 Å². The van der Waals surface area contributed by atoms with Gasteiger partial charge in [-0.2, -0.15) is 5.10 Å². The number of H-pyrrole nitrogens is 1. The van der Waals surface area contributed by atoms with Gasteiger partial charge in [-0.3, -0.25) is 25.5 Å². The van der Waals surface area contributed by atoms with E-state index < -0.39 is 17.6 Å². The van der Waals surface area contributed by atoms with E-state index in [0.29, 0.717) is 17.1 Å². The number of benzene rings is 2. The Morgan fingerprint density at radius 1 is 1.03 bits per heavy atom. The standard InChI is InChI=1S/C22H18FN5O3/c23-16-9-5-4-8-15(16)19-13-24-21(31-19)11-10-20(29)27-28-22(30)18-12-17(25-26-18)14-6-2-1-3-7-14/h1-9,12-13H,10-11H2,(H,25,26)(H,27,29)(H,28,30). The Kier molecular flexibility index (Phi) is 5.84. The fraction of sp³-hybridized carbons (Fsp3) is 0.0909. The van der Waals surface area contributed by atoms with E-state index in [4.69, 9.17) is 4.42 Å². The molecule has 0 spiro atoms. The van der Waals surface area contributed by atoms with E-state index >= 15 is 0 Å². The predicted molar refractivity (Wildman–Crippen MR) is 110 cm³/mol. The Morgan fingerprint density at radius 2 is 1.81 bits per heavy atom. The molecule has 9 heteroatoms. The van der Waals surface area contributed by atoms with Crippen molar-refractivity contribution in [3.8, 4) is 22.6 Å². The minimum absolute atomic E-state index is 0.0236. The number of amides is 2. The first-order chi connectivity index (χ1) is 15.1. The van der Waals surface area contributed by atoms with Gasteiger partial charge < -0.3 is 4.42 Å². The number of carbonyl (C=O) groups is 2. The molecule has 4 rings (SSSR count). The highest BCUT2D eigenvalue weighted by Gasteiger charge is 2.14. The fourth-order valence-electron chi connectivity index (χ4n) is 2.88. The van der Waals surface area contributed by atoms with Crippen LogP contribution in [0.1, 0.15) is 22.8 Å². The summed E-state index contributed by atoms with van der Waals surface area (Å²) in [5, 5.41) is 6.74. The molecule has 0 aliphatic heterocycles. The maximum atomic E-state index is 13.8. The number of aryl methyl sites for hydroxylation is 1. The molecule has 0 saturated heterocycles. The lowest BCUT2D eigenvalue weighted by molar-refractivity contribution is -0.121. The molecule has 0 fully saturated rings. The number of hydrogen-bond donors (Lipinski definition) is 3. The molecule has 8 nitrogen and oxygen atoms in total. The van der Waals surface area contributed by atoms with Crippen LogP contribution in [-0.4, -0.2) is 27.0 Å². The van der Waals surface area contributed by atoms with Gasteiger partial charge in [0.2, 0.25) is 5.91 Å². The van der Waals surface area contributed by atoms with Crippen LogP contribution < -0.4 is 10.9 Å². The van der Waals surface area contributed by atoms with Gasteiger partial charge in [0.1, 0.15) is 11.5 Å². The van der Waals surface area contributed by atoms with Crippen molar-refractivity contribution in [2.45, 2.75) is 12.8 Å². The molecule has 0 radical (unpaired) electrons. The van der Waals surface area contributed by atoms with Crippen LogP contribution in [0, 0.1) is 5.82 Å². The van der Waals surface area contributed by atoms with Crippen molar-refractivity contribution < 1.29 is 18.4 Å². The summed E-state index contributed by atoms with van der Waals surface area (Å²) in [6, 6.07) is 17.2. The average Bonchev–Trinajstić information content (AvgIpc) is 3.47. The number of nitrogens with zero attached hydrogens (tertiary/aromatic N) is 2. The number of halogens is 1. The third kappa shape index (κ3) is 4.84. The average molecular weight is 419 g/mol. The molecule has 0 aliphatic rings. The highest BCUT2D eigenvalue weighted by molar-refractivity contribution is 5.94. The molecule has 0 unspecified atom stereocenters. The van der Waals surface area contributed by atoms with Crippen molar-refractivity contribution >= 4 is 11.8 Å². The summed E-state index contributed by atoms with van der Waals surface area (Å²) in [5.74, 6) is -0.793. The first-order valence-electron chi connectivity index (χ1n) is 9.50. The first-order valence-corrected chi connectivity index (χ1v) is 9.50. The Hall–Kier alpha value is -4.27. The first kappa shape index (κ1) is 20.0. The normalized spacial score (nSPS) is 10.6. The number of hydrazine groups is 1. The number of oxazole rings is 1. The van der Waals surface area contributed by atoms with Crippen LogP contribution in [0.25, 0.3) is 22.6 Å². The number of aromatic nitrogens is 3. The second kappa shape index (κ2) is 9.04. The van der Waals surface area contributed by atoms with Crippen molar-refractivity contribution in [1.82, 2.24) is 26.0 Å². The molecule has 3 N–H and O–H groups in total. The van der Waals surface area contributed by atoms with E-state index in [2.05, 4.69) is 26.0 Å². The van der Waals surface area contributed by atoms with Crippen molar-refractivity contribution in [1.29, 1.82) is 0 Å². The van der Waals surface area contributed by atoms with Crippen LogP contribution in [0.15, 0.2) is 71.3 Å². The van der Waals surface area contributed by atoms with Gasteiger partial charge in [-0.15, -0.1) is 0 Å². The fourth-order valence-corrected chi connectivity index (χ4v) is 2.88. The van der Waals surface area contributed by atoms with Gasteiger partial charge in [-0.05, 0) is 18.2 Å². The monoisotopic (exact) mass is 419 g/mol. The second-order valence-electron chi connectivity index (χ2n) is 6.63. The Morgan fingerprint density at radius 3 is 2.61 bits per heavy atom. The summed E-state index contributed by atoms with van der Waals surface area (Å²) in [5.41, 5.74) is 6.65. The molecule has 2 heterocycles. The van der Waals surface area contributed by atoms with Crippen molar-refractivity contribution in [2.75, 3.05) is 0 Å². The smallest absolute Gasteiger partial charge is 0.287 e. The zero-order valence-corrected chi connectivity index (χ0v) is 16.3. The number of hydrogen-bond acceptors (Lipinski definition) is 5. The number of nitrogens with one attached hydrogen (secondary N) is 3. The molecular weight excluding hydrogens is 401 g/mol. The van der Waals surface area contributed by atoms with E-state index in [1.807, 2.05) is 30.3 Å². The molecule has 4 aromatic rings. The van der Waals surface area contributed by atoms with E-state index in [1.165, 1.54) is 12.3 Å². The maximum absolute atomic E-state index is 13.8. The van der Waals surface area contributed by atoms with Crippen LogP contribution in [0.2, 0.25) is 0 Å². The molecule has 156 valence electrons. The SMILES string of the molecule is O=C(CCc1ncc(-c2ccccc2F)o1)NNC(=O)c1cc(-c2ccccc2)n[nH]1. The molecule has 31 heavy (non-hydrogen) atoms. The largest absolute Gasteiger partial charge is 0.441 e. The summed E-state index contributed by atoms with van der Waals surface area (Å²) in [7, 11) is 0. The van der Waals surface area contributed by atoms with Crippen molar-refractivity contribution in [3.63, 3.8) is 0 Å². The van der Waals surface area contributed by atoms with Gasteiger partial charge in [0, 0.05) is 18.4 Å². The molecule has 2 aromatic carbocycles.